The van der Waals surface area contributed by atoms with E-state index in [2.05, 4.69) is 15.9 Å². The molecular formula is C15H14BrFO2. The van der Waals surface area contributed by atoms with E-state index in [1.54, 1.807) is 13.2 Å². The van der Waals surface area contributed by atoms with E-state index in [1.807, 2.05) is 24.3 Å². The van der Waals surface area contributed by atoms with Crippen molar-refractivity contribution in [1.29, 1.82) is 0 Å². The number of hydrogen-bond donors (Lipinski definition) is 1. The zero-order valence-corrected chi connectivity index (χ0v) is 12.0. The number of para-hydroxylation sites is 1. The van der Waals surface area contributed by atoms with Gasteiger partial charge in [0.15, 0.2) is 0 Å². The quantitative estimate of drug-likeness (QED) is 0.925. The standard InChI is InChI=1S/C15H14BrFO2/c1-19-15-5-3-2-4-10(15)8-14(18)12-7-6-11(17)9-13(12)16/h2-7,9,14,18H,8H2,1H3. The van der Waals surface area contributed by atoms with Crippen LogP contribution in [-0.2, 0) is 6.42 Å². The first kappa shape index (κ1) is 14.0. The van der Waals surface area contributed by atoms with Crippen LogP contribution in [0.5, 0.6) is 5.75 Å². The lowest BCUT2D eigenvalue weighted by atomic mass is 10.0. The second-order valence-corrected chi connectivity index (χ2v) is 5.05. The SMILES string of the molecule is COc1ccccc1CC(O)c1ccc(F)cc1Br. The fourth-order valence-electron chi connectivity index (χ4n) is 1.96. The van der Waals surface area contributed by atoms with Gasteiger partial charge in [-0.05, 0) is 29.3 Å². The lowest BCUT2D eigenvalue weighted by Crippen LogP contribution is -2.04. The van der Waals surface area contributed by atoms with Crippen LogP contribution >= 0.6 is 15.9 Å². The summed E-state index contributed by atoms with van der Waals surface area (Å²) in [6, 6.07) is 11.8. The number of rotatable bonds is 4. The molecule has 0 saturated carbocycles. The summed E-state index contributed by atoms with van der Waals surface area (Å²) < 4.78 is 18.8. The highest BCUT2D eigenvalue weighted by Crippen LogP contribution is 2.29. The lowest BCUT2D eigenvalue weighted by molar-refractivity contribution is 0.176. The summed E-state index contributed by atoms with van der Waals surface area (Å²) in [5.74, 6) is 0.403. The highest BCUT2D eigenvalue weighted by Gasteiger charge is 2.14. The molecule has 2 rings (SSSR count). The predicted molar refractivity (Wildman–Crippen MR) is 75.8 cm³/mol. The molecule has 0 aromatic heterocycles. The Morgan fingerprint density at radius 2 is 2.00 bits per heavy atom. The maximum absolute atomic E-state index is 13.0. The molecule has 0 spiro atoms. The highest BCUT2D eigenvalue weighted by atomic mass is 79.9. The molecule has 19 heavy (non-hydrogen) atoms. The molecule has 0 radical (unpaired) electrons. The van der Waals surface area contributed by atoms with Crippen molar-refractivity contribution in [2.75, 3.05) is 7.11 Å². The second kappa shape index (κ2) is 6.17. The lowest BCUT2D eigenvalue weighted by Gasteiger charge is -2.15. The summed E-state index contributed by atoms with van der Waals surface area (Å²) in [7, 11) is 1.60. The van der Waals surface area contributed by atoms with Crippen molar-refractivity contribution in [2.24, 2.45) is 0 Å². The van der Waals surface area contributed by atoms with Crippen molar-refractivity contribution in [1.82, 2.24) is 0 Å². The third kappa shape index (κ3) is 3.33. The van der Waals surface area contributed by atoms with E-state index >= 15 is 0 Å². The van der Waals surface area contributed by atoms with Gasteiger partial charge in [-0.3, -0.25) is 0 Å². The van der Waals surface area contributed by atoms with E-state index in [9.17, 15) is 9.50 Å². The highest BCUT2D eigenvalue weighted by molar-refractivity contribution is 9.10. The molecule has 1 N–H and O–H groups in total. The topological polar surface area (TPSA) is 29.5 Å². The molecule has 0 bridgehead atoms. The van der Waals surface area contributed by atoms with Crippen molar-refractivity contribution in [2.45, 2.75) is 12.5 Å². The molecule has 100 valence electrons. The average molecular weight is 325 g/mol. The largest absolute Gasteiger partial charge is 0.496 e. The fraction of sp³-hybridized carbons (Fsp3) is 0.200. The minimum absolute atomic E-state index is 0.333. The third-order valence-corrected chi connectivity index (χ3v) is 3.61. The molecule has 0 saturated heterocycles. The monoisotopic (exact) mass is 324 g/mol. The Hall–Kier alpha value is -1.39. The van der Waals surface area contributed by atoms with Gasteiger partial charge in [-0.1, -0.05) is 40.2 Å². The molecule has 0 fully saturated rings. The van der Waals surface area contributed by atoms with Crippen molar-refractivity contribution < 1.29 is 14.2 Å². The van der Waals surface area contributed by atoms with E-state index in [0.717, 1.165) is 11.3 Å². The van der Waals surface area contributed by atoms with E-state index < -0.39 is 6.10 Å². The molecule has 1 atom stereocenters. The predicted octanol–water partition coefficient (Wildman–Crippen LogP) is 3.87. The molecule has 0 amide bonds. The minimum atomic E-state index is -0.716. The normalized spacial score (nSPS) is 12.2. The van der Waals surface area contributed by atoms with Gasteiger partial charge in [0, 0.05) is 10.9 Å². The van der Waals surface area contributed by atoms with E-state index in [-0.39, 0.29) is 5.82 Å². The van der Waals surface area contributed by atoms with Crippen LogP contribution in [0.3, 0.4) is 0 Å². The van der Waals surface area contributed by atoms with Crippen molar-refractivity contribution in [3.63, 3.8) is 0 Å². The Morgan fingerprint density at radius 1 is 1.26 bits per heavy atom. The van der Waals surface area contributed by atoms with Gasteiger partial charge in [0.2, 0.25) is 0 Å². The Labute approximate surface area is 120 Å². The zero-order chi connectivity index (χ0) is 13.8. The Kier molecular flexibility index (Phi) is 4.56. The Balaban J connectivity index is 2.23. The third-order valence-electron chi connectivity index (χ3n) is 2.93. The number of hydrogen-bond acceptors (Lipinski definition) is 2. The number of methoxy groups -OCH3 is 1. The van der Waals surface area contributed by atoms with Gasteiger partial charge in [-0.2, -0.15) is 0 Å². The summed E-state index contributed by atoms with van der Waals surface area (Å²) >= 11 is 3.27. The first-order valence-corrected chi connectivity index (χ1v) is 6.66. The molecule has 0 aliphatic heterocycles. The van der Waals surface area contributed by atoms with Gasteiger partial charge in [-0.25, -0.2) is 4.39 Å². The van der Waals surface area contributed by atoms with Crippen LogP contribution in [0, 0.1) is 5.82 Å². The molecular weight excluding hydrogens is 311 g/mol. The van der Waals surface area contributed by atoms with Crippen LogP contribution in [0.25, 0.3) is 0 Å². The Morgan fingerprint density at radius 3 is 2.68 bits per heavy atom. The van der Waals surface area contributed by atoms with Crippen molar-refractivity contribution >= 4 is 15.9 Å². The van der Waals surface area contributed by atoms with Crippen molar-refractivity contribution in [3.8, 4) is 5.75 Å². The maximum atomic E-state index is 13.0. The van der Waals surface area contributed by atoms with Crippen LogP contribution in [0.2, 0.25) is 0 Å². The Bertz CT molecular complexity index is 572. The van der Waals surface area contributed by atoms with Crippen LogP contribution in [0.4, 0.5) is 4.39 Å². The minimum Gasteiger partial charge on any atom is -0.496 e. The van der Waals surface area contributed by atoms with Gasteiger partial charge in [-0.15, -0.1) is 0 Å². The zero-order valence-electron chi connectivity index (χ0n) is 10.4. The van der Waals surface area contributed by atoms with Crippen LogP contribution in [0.1, 0.15) is 17.2 Å². The molecule has 2 nitrogen and oxygen atoms in total. The maximum Gasteiger partial charge on any atom is 0.124 e. The van der Waals surface area contributed by atoms with E-state index in [1.165, 1.54) is 12.1 Å². The summed E-state index contributed by atoms with van der Waals surface area (Å²) in [6.45, 7) is 0. The van der Waals surface area contributed by atoms with Gasteiger partial charge >= 0.3 is 0 Å². The van der Waals surface area contributed by atoms with Gasteiger partial charge in [0.05, 0.1) is 13.2 Å². The van der Waals surface area contributed by atoms with Crippen molar-refractivity contribution in [3.05, 3.63) is 63.9 Å². The summed E-state index contributed by atoms with van der Waals surface area (Å²) in [5.41, 5.74) is 1.57. The number of ether oxygens (including phenoxy) is 1. The first-order valence-electron chi connectivity index (χ1n) is 5.86. The van der Waals surface area contributed by atoms with Crippen LogP contribution in [0.15, 0.2) is 46.9 Å². The number of benzene rings is 2. The molecule has 0 aliphatic carbocycles. The first-order chi connectivity index (χ1) is 9.11. The number of aliphatic hydroxyl groups is 1. The van der Waals surface area contributed by atoms with Crippen LogP contribution in [-0.4, -0.2) is 12.2 Å². The molecule has 0 heterocycles. The summed E-state index contributed by atoms with van der Waals surface area (Å²) in [4.78, 5) is 0. The van der Waals surface area contributed by atoms with E-state index in [0.29, 0.717) is 16.5 Å². The summed E-state index contributed by atoms with van der Waals surface area (Å²) in [6.07, 6.45) is -0.305. The molecule has 1 unspecified atom stereocenters. The average Bonchev–Trinajstić information content (AvgIpc) is 2.39. The number of halogens is 2. The molecule has 2 aromatic carbocycles. The van der Waals surface area contributed by atoms with Crippen LogP contribution < -0.4 is 4.74 Å². The molecule has 2 aromatic rings. The van der Waals surface area contributed by atoms with Gasteiger partial charge in [0.1, 0.15) is 11.6 Å². The molecule has 4 heteroatoms. The van der Waals surface area contributed by atoms with Gasteiger partial charge in [0.25, 0.3) is 0 Å². The van der Waals surface area contributed by atoms with Gasteiger partial charge < -0.3 is 9.84 Å². The second-order valence-electron chi connectivity index (χ2n) is 4.20. The fourth-order valence-corrected chi connectivity index (χ4v) is 2.58. The summed E-state index contributed by atoms with van der Waals surface area (Å²) in [5, 5.41) is 10.3. The smallest absolute Gasteiger partial charge is 0.124 e. The molecule has 0 aliphatic rings. The van der Waals surface area contributed by atoms with E-state index in [4.69, 9.17) is 4.74 Å². The number of aliphatic hydroxyl groups excluding tert-OH is 1.